The molecule has 4 aromatic carbocycles. The van der Waals surface area contributed by atoms with Crippen molar-refractivity contribution in [1.29, 1.82) is 0 Å². The van der Waals surface area contributed by atoms with Crippen molar-refractivity contribution in [1.82, 2.24) is 0 Å². The molecular weight excluding hydrogens is 562 g/mol. The molecule has 7 rings (SSSR count). The van der Waals surface area contributed by atoms with Crippen molar-refractivity contribution in [2.75, 3.05) is 10.2 Å². The number of nitrogens with zero attached hydrogens (tertiary/aromatic N) is 1. The quantitative estimate of drug-likeness (QED) is 0.263. The Morgan fingerprint density at radius 2 is 1.59 bits per heavy atom. The molecule has 3 aliphatic rings. The minimum absolute atomic E-state index is 0.0993. The smallest absolute Gasteiger partial charge is 0.238 e. The van der Waals surface area contributed by atoms with Gasteiger partial charge in [-0.3, -0.25) is 14.4 Å². The number of para-hydroxylation sites is 2. The summed E-state index contributed by atoms with van der Waals surface area (Å²) in [7, 11) is 0. The molecule has 3 heterocycles. The molecule has 1 amide bonds. The molecule has 0 saturated carbocycles. The lowest BCUT2D eigenvalue weighted by molar-refractivity contribution is -0.121. The summed E-state index contributed by atoms with van der Waals surface area (Å²) in [6.45, 7) is 0. The van der Waals surface area contributed by atoms with E-state index in [1.54, 1.807) is 36.4 Å². The fourth-order valence-electron chi connectivity index (χ4n) is 6.80. The van der Waals surface area contributed by atoms with E-state index in [0.29, 0.717) is 22.0 Å². The van der Waals surface area contributed by atoms with Crippen LogP contribution in [-0.4, -0.2) is 29.6 Å². The van der Waals surface area contributed by atoms with Crippen LogP contribution in [0.1, 0.15) is 31.8 Å². The summed E-state index contributed by atoms with van der Waals surface area (Å²) in [5.41, 5.74) is 1.08. The van der Waals surface area contributed by atoms with E-state index in [1.165, 1.54) is 30.3 Å². The molecule has 3 aliphatic heterocycles. The Labute approximate surface area is 245 Å². The van der Waals surface area contributed by atoms with Gasteiger partial charge in [0, 0.05) is 22.0 Å². The van der Waals surface area contributed by atoms with Gasteiger partial charge in [-0.2, -0.15) is 0 Å². The maximum Gasteiger partial charge on any atom is 0.238 e. The first-order chi connectivity index (χ1) is 19.8. The van der Waals surface area contributed by atoms with Crippen LogP contribution in [0, 0.1) is 11.7 Å². The summed E-state index contributed by atoms with van der Waals surface area (Å²) in [6.07, 6.45) is 3.77. The molecule has 202 valence electrons. The zero-order valence-electron chi connectivity index (χ0n) is 21.4. The highest BCUT2D eigenvalue weighted by Gasteiger charge is 2.70. The standard InChI is InChI=1S/C33H21Cl2FN2O3/c34-19-14-15-20(23(35)17-19)30(39)28-29(31(40)21-8-2-4-10-24(21)36)38-26-12-6-1-7-18(26)13-16-27(38)33(28)22-9-3-5-11-25(22)37-32(33)41/h1-17,27-29H,(H,37,41)/t27-,28+,29+,33-/m1/s1. The first-order valence-corrected chi connectivity index (χ1v) is 13.8. The summed E-state index contributed by atoms with van der Waals surface area (Å²) >= 11 is 12.7. The van der Waals surface area contributed by atoms with Crippen LogP contribution >= 0.6 is 23.2 Å². The van der Waals surface area contributed by atoms with Gasteiger partial charge < -0.3 is 10.2 Å². The predicted molar refractivity (Wildman–Crippen MR) is 157 cm³/mol. The number of halogens is 3. The van der Waals surface area contributed by atoms with E-state index in [-0.39, 0.29) is 16.1 Å². The number of ketones is 2. The molecule has 0 aromatic heterocycles. The van der Waals surface area contributed by atoms with Crippen LogP contribution in [0.15, 0.2) is 97.1 Å². The molecule has 1 saturated heterocycles. The molecule has 1 N–H and O–H groups in total. The third-order valence-electron chi connectivity index (χ3n) is 8.43. The van der Waals surface area contributed by atoms with Gasteiger partial charge in [-0.1, -0.05) is 83.9 Å². The van der Waals surface area contributed by atoms with Crippen LogP contribution in [0.5, 0.6) is 0 Å². The van der Waals surface area contributed by atoms with Crippen LogP contribution in [0.3, 0.4) is 0 Å². The van der Waals surface area contributed by atoms with E-state index in [0.717, 1.165) is 5.56 Å². The van der Waals surface area contributed by atoms with Crippen LogP contribution in [0.2, 0.25) is 10.0 Å². The second-order valence-corrected chi connectivity index (χ2v) is 11.2. The lowest BCUT2D eigenvalue weighted by atomic mass is 9.64. The van der Waals surface area contributed by atoms with Gasteiger partial charge in [0.15, 0.2) is 11.6 Å². The maximum atomic E-state index is 15.2. The number of anilines is 2. The van der Waals surface area contributed by atoms with E-state index < -0.39 is 46.7 Å². The molecular formula is C33H21Cl2FN2O3. The van der Waals surface area contributed by atoms with E-state index >= 15 is 4.39 Å². The molecule has 41 heavy (non-hydrogen) atoms. The second-order valence-electron chi connectivity index (χ2n) is 10.4. The highest BCUT2D eigenvalue weighted by Crippen LogP contribution is 2.58. The number of fused-ring (bicyclic) bond motifs is 6. The van der Waals surface area contributed by atoms with Crippen LogP contribution in [0.4, 0.5) is 15.8 Å². The predicted octanol–water partition coefficient (Wildman–Crippen LogP) is 6.99. The molecule has 1 spiro atoms. The molecule has 0 radical (unpaired) electrons. The van der Waals surface area contributed by atoms with Gasteiger partial charge in [0.25, 0.3) is 0 Å². The van der Waals surface area contributed by atoms with Crippen LogP contribution in [-0.2, 0) is 10.2 Å². The fraction of sp³-hybridized carbons (Fsp3) is 0.121. The number of hydrogen-bond acceptors (Lipinski definition) is 4. The normalized spacial score (nSPS) is 23.6. The minimum atomic E-state index is -1.52. The lowest BCUT2D eigenvalue weighted by Crippen LogP contribution is -2.51. The Morgan fingerprint density at radius 1 is 0.854 bits per heavy atom. The third kappa shape index (κ3) is 3.57. The van der Waals surface area contributed by atoms with Gasteiger partial charge in [0.05, 0.1) is 22.5 Å². The summed E-state index contributed by atoms with van der Waals surface area (Å²) in [5, 5.41) is 3.40. The van der Waals surface area contributed by atoms with E-state index in [2.05, 4.69) is 5.32 Å². The van der Waals surface area contributed by atoms with Crippen molar-refractivity contribution in [2.24, 2.45) is 5.92 Å². The Kier molecular flexibility index (Phi) is 5.89. The molecule has 4 atom stereocenters. The van der Waals surface area contributed by atoms with Crippen molar-refractivity contribution in [3.05, 3.63) is 135 Å². The van der Waals surface area contributed by atoms with Crippen molar-refractivity contribution in [2.45, 2.75) is 17.5 Å². The zero-order valence-corrected chi connectivity index (χ0v) is 22.9. The summed E-state index contributed by atoms with van der Waals surface area (Å²) in [4.78, 5) is 45.4. The van der Waals surface area contributed by atoms with Crippen molar-refractivity contribution in [3.8, 4) is 0 Å². The van der Waals surface area contributed by atoms with E-state index in [4.69, 9.17) is 23.2 Å². The number of carbonyl (C=O) groups is 3. The number of nitrogens with one attached hydrogen (secondary N) is 1. The highest BCUT2D eigenvalue weighted by molar-refractivity contribution is 6.37. The minimum Gasteiger partial charge on any atom is -0.352 e. The average Bonchev–Trinajstić information content (AvgIpc) is 3.45. The average molecular weight is 583 g/mol. The van der Waals surface area contributed by atoms with Crippen molar-refractivity contribution in [3.63, 3.8) is 0 Å². The number of amides is 1. The zero-order chi connectivity index (χ0) is 28.5. The van der Waals surface area contributed by atoms with Gasteiger partial charge in [0.1, 0.15) is 17.3 Å². The summed E-state index contributed by atoms with van der Waals surface area (Å²) in [5.74, 6) is -3.49. The van der Waals surface area contributed by atoms with E-state index in [9.17, 15) is 14.4 Å². The fourth-order valence-corrected chi connectivity index (χ4v) is 7.30. The maximum absolute atomic E-state index is 15.2. The Hall–Kier alpha value is -4.26. The number of Topliss-reactive ketones (excluding diaryl/α,β-unsaturated/α-hetero) is 2. The van der Waals surface area contributed by atoms with Gasteiger partial charge in [0.2, 0.25) is 5.91 Å². The van der Waals surface area contributed by atoms with Crippen molar-refractivity contribution >= 4 is 58.1 Å². The number of benzene rings is 4. The van der Waals surface area contributed by atoms with Gasteiger partial charge in [-0.25, -0.2) is 4.39 Å². The van der Waals surface area contributed by atoms with Gasteiger partial charge >= 0.3 is 0 Å². The van der Waals surface area contributed by atoms with Gasteiger partial charge in [-0.15, -0.1) is 0 Å². The summed E-state index contributed by atoms with van der Waals surface area (Å²) in [6, 6.07) is 22.9. The molecule has 4 aromatic rings. The van der Waals surface area contributed by atoms with Gasteiger partial charge in [-0.05, 0) is 53.6 Å². The Morgan fingerprint density at radius 3 is 2.39 bits per heavy atom. The molecule has 0 unspecified atom stereocenters. The summed E-state index contributed by atoms with van der Waals surface area (Å²) < 4.78 is 15.2. The topological polar surface area (TPSA) is 66.5 Å². The first-order valence-electron chi connectivity index (χ1n) is 13.1. The first kappa shape index (κ1) is 25.7. The number of carbonyl (C=O) groups excluding carboxylic acids is 3. The molecule has 0 bridgehead atoms. The Balaban J connectivity index is 1.56. The monoisotopic (exact) mass is 582 g/mol. The van der Waals surface area contributed by atoms with Crippen LogP contribution < -0.4 is 10.2 Å². The molecule has 8 heteroatoms. The SMILES string of the molecule is O=C(c1ccccc1F)[C@@H]1[C@@H](C(=O)c2ccc(Cl)cc2Cl)[C@]2(C(=O)Nc3ccccc32)[C@H]2C=Cc3ccccc3N12. The lowest BCUT2D eigenvalue weighted by Gasteiger charge is -2.37. The van der Waals surface area contributed by atoms with Crippen molar-refractivity contribution < 1.29 is 18.8 Å². The third-order valence-corrected chi connectivity index (χ3v) is 8.98. The molecule has 0 aliphatic carbocycles. The highest BCUT2D eigenvalue weighted by atomic mass is 35.5. The molecule has 5 nitrogen and oxygen atoms in total. The number of hydrogen-bond donors (Lipinski definition) is 1. The molecule has 1 fully saturated rings. The Bertz CT molecular complexity index is 1820. The number of rotatable bonds is 4. The largest absolute Gasteiger partial charge is 0.352 e. The second kappa shape index (κ2) is 9.40. The van der Waals surface area contributed by atoms with E-state index in [1.807, 2.05) is 41.3 Å². The van der Waals surface area contributed by atoms with Crippen LogP contribution in [0.25, 0.3) is 6.08 Å².